The maximum absolute atomic E-state index is 6.87. The van der Waals surface area contributed by atoms with E-state index in [1.807, 2.05) is 0 Å². The molecule has 100 valence electrons. The molecular formula is C16H31N. The van der Waals surface area contributed by atoms with E-state index in [2.05, 4.69) is 20.8 Å². The monoisotopic (exact) mass is 237 g/mol. The Morgan fingerprint density at radius 3 is 2.35 bits per heavy atom. The molecule has 0 spiro atoms. The molecule has 2 fully saturated rings. The summed E-state index contributed by atoms with van der Waals surface area (Å²) in [4.78, 5) is 0. The number of rotatable bonds is 3. The highest BCUT2D eigenvalue weighted by molar-refractivity contribution is 4.99. The van der Waals surface area contributed by atoms with Crippen molar-refractivity contribution in [3.05, 3.63) is 0 Å². The lowest BCUT2D eigenvalue weighted by molar-refractivity contribution is 0.0864. The van der Waals surface area contributed by atoms with Crippen LogP contribution in [-0.2, 0) is 0 Å². The SMILES string of the molecule is CC1CCC(C(C)C)C(N)(CC2CCCC2)C1. The van der Waals surface area contributed by atoms with Crippen molar-refractivity contribution in [2.75, 3.05) is 0 Å². The number of hydrogen-bond acceptors (Lipinski definition) is 1. The average molecular weight is 237 g/mol. The van der Waals surface area contributed by atoms with E-state index in [1.165, 1.54) is 51.4 Å². The second kappa shape index (κ2) is 5.30. The summed E-state index contributed by atoms with van der Waals surface area (Å²) in [6, 6.07) is 0. The average Bonchev–Trinajstić information content (AvgIpc) is 2.68. The molecule has 1 nitrogen and oxygen atoms in total. The van der Waals surface area contributed by atoms with Crippen LogP contribution < -0.4 is 5.73 Å². The predicted octanol–water partition coefficient (Wildman–Crippen LogP) is 4.36. The molecule has 0 aliphatic heterocycles. The third-order valence-electron chi connectivity index (χ3n) is 5.39. The minimum atomic E-state index is 0.154. The number of nitrogens with two attached hydrogens (primary N) is 1. The van der Waals surface area contributed by atoms with Crippen molar-refractivity contribution in [1.29, 1.82) is 0 Å². The molecule has 0 amide bonds. The lowest BCUT2D eigenvalue weighted by Crippen LogP contribution is -2.53. The third kappa shape index (κ3) is 3.05. The predicted molar refractivity (Wildman–Crippen MR) is 74.8 cm³/mol. The third-order valence-corrected chi connectivity index (χ3v) is 5.39. The van der Waals surface area contributed by atoms with Crippen LogP contribution in [0.15, 0.2) is 0 Å². The largest absolute Gasteiger partial charge is 0.325 e. The lowest BCUT2D eigenvalue weighted by atomic mass is 9.62. The summed E-state index contributed by atoms with van der Waals surface area (Å²) in [5.41, 5.74) is 7.03. The Hall–Kier alpha value is -0.0400. The smallest absolute Gasteiger partial charge is 0.0190 e. The van der Waals surface area contributed by atoms with Gasteiger partial charge in [0, 0.05) is 5.54 Å². The van der Waals surface area contributed by atoms with Crippen LogP contribution in [0.2, 0.25) is 0 Å². The molecule has 3 unspecified atom stereocenters. The molecule has 2 aliphatic rings. The zero-order valence-electron chi connectivity index (χ0n) is 12.0. The van der Waals surface area contributed by atoms with Crippen molar-refractivity contribution in [2.24, 2.45) is 29.4 Å². The summed E-state index contributed by atoms with van der Waals surface area (Å²) in [6.07, 6.45) is 11.1. The molecule has 1 heteroatoms. The Labute approximate surface area is 108 Å². The van der Waals surface area contributed by atoms with E-state index in [-0.39, 0.29) is 5.54 Å². The fourth-order valence-electron chi connectivity index (χ4n) is 4.64. The van der Waals surface area contributed by atoms with E-state index in [0.717, 1.165) is 23.7 Å². The quantitative estimate of drug-likeness (QED) is 0.775. The van der Waals surface area contributed by atoms with Crippen LogP contribution in [0, 0.1) is 23.7 Å². The lowest BCUT2D eigenvalue weighted by Gasteiger charge is -2.47. The van der Waals surface area contributed by atoms with Gasteiger partial charge in [0.15, 0.2) is 0 Å². The molecule has 0 aromatic rings. The fourth-order valence-corrected chi connectivity index (χ4v) is 4.64. The summed E-state index contributed by atoms with van der Waals surface area (Å²) in [6.45, 7) is 7.14. The highest BCUT2D eigenvalue weighted by atomic mass is 14.8. The van der Waals surface area contributed by atoms with Gasteiger partial charge in [-0.15, -0.1) is 0 Å². The van der Waals surface area contributed by atoms with Crippen LogP contribution >= 0.6 is 0 Å². The topological polar surface area (TPSA) is 26.0 Å². The van der Waals surface area contributed by atoms with Crippen molar-refractivity contribution in [3.63, 3.8) is 0 Å². The van der Waals surface area contributed by atoms with Crippen molar-refractivity contribution < 1.29 is 0 Å². The van der Waals surface area contributed by atoms with Gasteiger partial charge in [-0.25, -0.2) is 0 Å². The maximum Gasteiger partial charge on any atom is 0.0190 e. The molecule has 2 aliphatic carbocycles. The molecule has 2 N–H and O–H groups in total. The van der Waals surface area contributed by atoms with Crippen molar-refractivity contribution in [1.82, 2.24) is 0 Å². The van der Waals surface area contributed by atoms with Crippen LogP contribution in [0.1, 0.15) is 72.1 Å². The van der Waals surface area contributed by atoms with Crippen LogP contribution in [0.25, 0.3) is 0 Å². The summed E-state index contributed by atoms with van der Waals surface area (Å²) >= 11 is 0. The highest BCUT2D eigenvalue weighted by Crippen LogP contribution is 2.45. The van der Waals surface area contributed by atoms with Gasteiger partial charge >= 0.3 is 0 Å². The zero-order valence-corrected chi connectivity index (χ0v) is 12.0. The minimum Gasteiger partial charge on any atom is -0.325 e. The Balaban J connectivity index is 2.04. The first-order valence-corrected chi connectivity index (χ1v) is 7.80. The first kappa shape index (κ1) is 13.4. The molecule has 2 saturated carbocycles. The Kier molecular flexibility index (Phi) is 4.18. The van der Waals surface area contributed by atoms with Gasteiger partial charge in [-0.05, 0) is 42.9 Å². The summed E-state index contributed by atoms with van der Waals surface area (Å²) in [5.74, 6) is 3.30. The Morgan fingerprint density at radius 2 is 1.76 bits per heavy atom. The second-order valence-electron chi connectivity index (χ2n) is 7.32. The van der Waals surface area contributed by atoms with Crippen LogP contribution in [0.4, 0.5) is 0 Å². The van der Waals surface area contributed by atoms with Gasteiger partial charge in [0.1, 0.15) is 0 Å². The Morgan fingerprint density at radius 1 is 1.12 bits per heavy atom. The van der Waals surface area contributed by atoms with Crippen molar-refractivity contribution in [2.45, 2.75) is 77.7 Å². The van der Waals surface area contributed by atoms with E-state index in [4.69, 9.17) is 5.73 Å². The number of hydrogen-bond donors (Lipinski definition) is 1. The van der Waals surface area contributed by atoms with E-state index in [1.54, 1.807) is 0 Å². The van der Waals surface area contributed by atoms with E-state index in [0.29, 0.717) is 0 Å². The Bertz CT molecular complexity index is 242. The minimum absolute atomic E-state index is 0.154. The molecule has 0 aromatic carbocycles. The van der Waals surface area contributed by atoms with E-state index >= 15 is 0 Å². The van der Waals surface area contributed by atoms with Gasteiger partial charge in [-0.3, -0.25) is 0 Å². The highest BCUT2D eigenvalue weighted by Gasteiger charge is 2.42. The van der Waals surface area contributed by atoms with E-state index < -0.39 is 0 Å². The first-order chi connectivity index (χ1) is 8.01. The molecule has 0 aromatic heterocycles. The molecule has 0 saturated heterocycles. The summed E-state index contributed by atoms with van der Waals surface area (Å²) in [7, 11) is 0. The van der Waals surface area contributed by atoms with Crippen LogP contribution in [-0.4, -0.2) is 5.54 Å². The van der Waals surface area contributed by atoms with Crippen molar-refractivity contribution in [3.8, 4) is 0 Å². The summed E-state index contributed by atoms with van der Waals surface area (Å²) in [5, 5.41) is 0. The van der Waals surface area contributed by atoms with Gasteiger partial charge in [0.2, 0.25) is 0 Å². The second-order valence-corrected chi connectivity index (χ2v) is 7.32. The zero-order chi connectivity index (χ0) is 12.5. The van der Waals surface area contributed by atoms with Gasteiger partial charge in [0.05, 0.1) is 0 Å². The van der Waals surface area contributed by atoms with Crippen LogP contribution in [0.3, 0.4) is 0 Å². The van der Waals surface area contributed by atoms with Gasteiger partial charge in [-0.1, -0.05) is 52.9 Å². The van der Waals surface area contributed by atoms with E-state index in [9.17, 15) is 0 Å². The van der Waals surface area contributed by atoms with Crippen molar-refractivity contribution >= 4 is 0 Å². The molecule has 17 heavy (non-hydrogen) atoms. The molecule has 0 heterocycles. The van der Waals surface area contributed by atoms with Gasteiger partial charge in [-0.2, -0.15) is 0 Å². The van der Waals surface area contributed by atoms with Crippen LogP contribution in [0.5, 0.6) is 0 Å². The standard InChI is InChI=1S/C16H31N/c1-12(2)15-9-8-13(3)10-16(15,17)11-14-6-4-5-7-14/h12-15H,4-11,17H2,1-3H3. The normalized spacial score (nSPS) is 40.1. The van der Waals surface area contributed by atoms with Gasteiger partial charge < -0.3 is 5.73 Å². The molecular weight excluding hydrogens is 206 g/mol. The summed E-state index contributed by atoms with van der Waals surface area (Å²) < 4.78 is 0. The fraction of sp³-hybridized carbons (Fsp3) is 1.00. The van der Waals surface area contributed by atoms with Gasteiger partial charge in [0.25, 0.3) is 0 Å². The maximum atomic E-state index is 6.87. The molecule has 3 atom stereocenters. The molecule has 2 rings (SSSR count). The molecule has 0 bridgehead atoms. The molecule has 0 radical (unpaired) electrons. The first-order valence-electron chi connectivity index (χ1n) is 7.80.